The number of carboxylic acids is 1. The Kier molecular flexibility index (Phi) is 4.58. The number of hydrogen-bond acceptors (Lipinski definition) is 3. The van der Waals surface area contributed by atoms with Crippen LogP contribution in [-0.4, -0.2) is 29.3 Å². The predicted molar refractivity (Wildman–Crippen MR) is 61.3 cm³/mol. The van der Waals surface area contributed by atoms with Crippen LogP contribution in [0.25, 0.3) is 0 Å². The van der Waals surface area contributed by atoms with E-state index in [0.717, 1.165) is 4.47 Å². The molecule has 0 aliphatic heterocycles. The molecule has 4 nitrogen and oxygen atoms in total. The van der Waals surface area contributed by atoms with Gasteiger partial charge >= 0.3 is 5.97 Å². The highest BCUT2D eigenvalue weighted by molar-refractivity contribution is 9.10. The second-order valence-electron chi connectivity index (χ2n) is 3.00. The van der Waals surface area contributed by atoms with E-state index in [0.29, 0.717) is 18.7 Å². The van der Waals surface area contributed by atoms with Crippen LogP contribution in [0.4, 0.5) is 5.69 Å². The van der Waals surface area contributed by atoms with Crippen molar-refractivity contribution in [3.05, 3.63) is 28.2 Å². The van der Waals surface area contributed by atoms with Crippen LogP contribution in [-0.2, 0) is 0 Å². The molecule has 3 N–H and O–H groups in total. The van der Waals surface area contributed by atoms with Crippen molar-refractivity contribution in [1.82, 2.24) is 0 Å². The molecule has 0 saturated heterocycles. The average Bonchev–Trinajstić information content (AvgIpc) is 2.20. The molecule has 0 bridgehead atoms. The summed E-state index contributed by atoms with van der Waals surface area (Å²) in [7, 11) is 0. The first-order valence-corrected chi connectivity index (χ1v) is 5.32. The topological polar surface area (TPSA) is 69.6 Å². The summed E-state index contributed by atoms with van der Waals surface area (Å²) in [4.78, 5) is 10.9. The predicted octanol–water partition coefficient (Wildman–Crippen LogP) is 1.94. The zero-order chi connectivity index (χ0) is 11.3. The Bertz CT molecular complexity index is 355. The number of aliphatic hydroxyl groups excluding tert-OH is 1. The summed E-state index contributed by atoms with van der Waals surface area (Å²) < 4.78 is 0.729. The van der Waals surface area contributed by atoms with E-state index < -0.39 is 5.97 Å². The molecular formula is C10H12BrNO3. The maximum Gasteiger partial charge on any atom is 0.337 e. The first kappa shape index (κ1) is 12.0. The molecule has 0 aromatic heterocycles. The van der Waals surface area contributed by atoms with Gasteiger partial charge in [-0.3, -0.25) is 0 Å². The fourth-order valence-electron chi connectivity index (χ4n) is 1.15. The van der Waals surface area contributed by atoms with Crippen molar-refractivity contribution >= 4 is 27.6 Å². The zero-order valence-corrected chi connectivity index (χ0v) is 9.62. The molecule has 0 heterocycles. The van der Waals surface area contributed by atoms with Gasteiger partial charge in [0.05, 0.1) is 5.56 Å². The van der Waals surface area contributed by atoms with Crippen molar-refractivity contribution in [3.8, 4) is 0 Å². The largest absolute Gasteiger partial charge is 0.478 e. The van der Waals surface area contributed by atoms with E-state index >= 15 is 0 Å². The van der Waals surface area contributed by atoms with E-state index in [1.165, 1.54) is 0 Å². The van der Waals surface area contributed by atoms with Crippen molar-refractivity contribution < 1.29 is 15.0 Å². The Morgan fingerprint density at radius 1 is 1.47 bits per heavy atom. The summed E-state index contributed by atoms with van der Waals surface area (Å²) in [6, 6.07) is 5.02. The van der Waals surface area contributed by atoms with Crippen LogP contribution in [0.3, 0.4) is 0 Å². The van der Waals surface area contributed by atoms with Gasteiger partial charge in [-0.15, -0.1) is 0 Å². The minimum Gasteiger partial charge on any atom is -0.478 e. The van der Waals surface area contributed by atoms with Crippen LogP contribution in [0.15, 0.2) is 22.7 Å². The number of anilines is 1. The van der Waals surface area contributed by atoms with Gasteiger partial charge in [0.25, 0.3) is 0 Å². The number of rotatable bonds is 5. The van der Waals surface area contributed by atoms with Gasteiger partial charge in [-0.05, 0) is 24.6 Å². The van der Waals surface area contributed by atoms with Gasteiger partial charge in [0, 0.05) is 23.3 Å². The molecule has 0 atom stereocenters. The van der Waals surface area contributed by atoms with Crippen molar-refractivity contribution in [2.45, 2.75) is 6.42 Å². The monoisotopic (exact) mass is 273 g/mol. The fourth-order valence-corrected chi connectivity index (χ4v) is 1.51. The summed E-state index contributed by atoms with van der Waals surface area (Å²) in [6.07, 6.45) is 0.592. The number of aromatic carboxylic acids is 1. The van der Waals surface area contributed by atoms with Gasteiger partial charge in [-0.1, -0.05) is 15.9 Å². The van der Waals surface area contributed by atoms with Gasteiger partial charge in [0.2, 0.25) is 0 Å². The molecule has 5 heteroatoms. The normalized spacial score (nSPS) is 10.0. The maximum atomic E-state index is 10.9. The molecular weight excluding hydrogens is 262 g/mol. The highest BCUT2D eigenvalue weighted by Crippen LogP contribution is 2.20. The SMILES string of the molecule is O=C(O)c1cc(Br)ccc1NCCCO. The first-order chi connectivity index (χ1) is 7.15. The van der Waals surface area contributed by atoms with E-state index in [1.54, 1.807) is 18.2 Å². The Balaban J connectivity index is 2.81. The van der Waals surface area contributed by atoms with Crippen molar-refractivity contribution in [2.24, 2.45) is 0 Å². The lowest BCUT2D eigenvalue weighted by Gasteiger charge is -2.08. The van der Waals surface area contributed by atoms with Crippen LogP contribution in [0.2, 0.25) is 0 Å². The minimum atomic E-state index is -0.970. The zero-order valence-electron chi connectivity index (χ0n) is 8.03. The molecule has 0 saturated carbocycles. The Hall–Kier alpha value is -1.07. The van der Waals surface area contributed by atoms with Crippen LogP contribution in [0.1, 0.15) is 16.8 Å². The second-order valence-corrected chi connectivity index (χ2v) is 3.91. The van der Waals surface area contributed by atoms with Crippen molar-refractivity contribution in [1.29, 1.82) is 0 Å². The number of nitrogens with one attached hydrogen (secondary N) is 1. The lowest BCUT2D eigenvalue weighted by molar-refractivity contribution is 0.0698. The minimum absolute atomic E-state index is 0.0892. The van der Waals surface area contributed by atoms with Gasteiger partial charge in [0.15, 0.2) is 0 Å². The molecule has 1 rings (SSSR count). The third-order valence-electron chi connectivity index (χ3n) is 1.86. The molecule has 1 aromatic rings. The summed E-state index contributed by atoms with van der Waals surface area (Å²) in [5.41, 5.74) is 0.793. The third kappa shape index (κ3) is 3.53. The van der Waals surface area contributed by atoms with Crippen molar-refractivity contribution in [2.75, 3.05) is 18.5 Å². The number of halogens is 1. The highest BCUT2D eigenvalue weighted by atomic mass is 79.9. The average molecular weight is 274 g/mol. The smallest absolute Gasteiger partial charge is 0.337 e. The number of hydrogen-bond donors (Lipinski definition) is 3. The molecule has 15 heavy (non-hydrogen) atoms. The van der Waals surface area contributed by atoms with Crippen LogP contribution in [0.5, 0.6) is 0 Å². The van der Waals surface area contributed by atoms with E-state index in [-0.39, 0.29) is 12.2 Å². The van der Waals surface area contributed by atoms with E-state index in [9.17, 15) is 4.79 Å². The second kappa shape index (κ2) is 5.72. The van der Waals surface area contributed by atoms with Crippen LogP contribution < -0.4 is 5.32 Å². The standard InChI is InChI=1S/C10H12BrNO3/c11-7-2-3-9(12-4-1-5-13)8(6-7)10(14)15/h2-3,6,12-13H,1,4-5H2,(H,14,15). The molecule has 0 radical (unpaired) electrons. The number of carbonyl (C=O) groups is 1. The summed E-state index contributed by atoms with van der Waals surface area (Å²) in [5, 5.41) is 20.5. The quantitative estimate of drug-likeness (QED) is 0.718. The van der Waals surface area contributed by atoms with Gasteiger partial charge in [-0.25, -0.2) is 4.79 Å². The van der Waals surface area contributed by atoms with E-state index in [2.05, 4.69) is 21.2 Å². The molecule has 0 aliphatic rings. The Morgan fingerprint density at radius 2 is 2.20 bits per heavy atom. The van der Waals surface area contributed by atoms with Gasteiger partial charge in [-0.2, -0.15) is 0 Å². The van der Waals surface area contributed by atoms with E-state index in [4.69, 9.17) is 10.2 Å². The maximum absolute atomic E-state index is 10.9. The molecule has 82 valence electrons. The van der Waals surface area contributed by atoms with Gasteiger partial charge in [0.1, 0.15) is 0 Å². The fraction of sp³-hybridized carbons (Fsp3) is 0.300. The van der Waals surface area contributed by atoms with Crippen LogP contribution in [0, 0.1) is 0 Å². The number of carboxylic acid groups (broad SMARTS) is 1. The molecule has 0 amide bonds. The summed E-state index contributed by atoms with van der Waals surface area (Å²) in [5.74, 6) is -0.970. The molecule has 1 aromatic carbocycles. The lowest BCUT2D eigenvalue weighted by atomic mass is 10.2. The molecule has 0 spiro atoms. The molecule has 0 aliphatic carbocycles. The third-order valence-corrected chi connectivity index (χ3v) is 2.36. The van der Waals surface area contributed by atoms with Crippen LogP contribution >= 0.6 is 15.9 Å². The van der Waals surface area contributed by atoms with Crippen molar-refractivity contribution in [3.63, 3.8) is 0 Å². The Morgan fingerprint density at radius 3 is 2.80 bits per heavy atom. The lowest BCUT2D eigenvalue weighted by Crippen LogP contribution is -2.08. The molecule has 0 fully saturated rings. The summed E-state index contributed by atoms with van der Waals surface area (Å²) in [6.45, 7) is 0.643. The summed E-state index contributed by atoms with van der Waals surface area (Å²) >= 11 is 3.22. The van der Waals surface area contributed by atoms with Gasteiger partial charge < -0.3 is 15.5 Å². The number of aliphatic hydroxyl groups is 1. The van der Waals surface area contributed by atoms with E-state index in [1.807, 2.05) is 0 Å². The number of benzene rings is 1. The first-order valence-electron chi connectivity index (χ1n) is 4.52. The molecule has 0 unspecified atom stereocenters. The Labute approximate surface area is 96.1 Å². The highest BCUT2D eigenvalue weighted by Gasteiger charge is 2.09.